The van der Waals surface area contributed by atoms with Gasteiger partial charge in [0.2, 0.25) is 0 Å². The molecule has 2 amide bonds. The third-order valence-electron chi connectivity index (χ3n) is 6.91. The number of fused-ring (bicyclic) bond motifs is 2. The first-order valence-electron chi connectivity index (χ1n) is 12.2. The minimum Gasteiger partial charge on any atom is -0.480 e. The van der Waals surface area contributed by atoms with E-state index in [4.69, 9.17) is 4.74 Å². The summed E-state index contributed by atoms with van der Waals surface area (Å²) in [5.41, 5.74) is 4.10. The van der Waals surface area contributed by atoms with E-state index >= 15 is 0 Å². The highest BCUT2D eigenvalue weighted by Gasteiger charge is 2.36. The molecule has 3 aromatic carbocycles. The molecule has 1 aliphatic heterocycles. The summed E-state index contributed by atoms with van der Waals surface area (Å²) < 4.78 is 6.14. The molecule has 0 fully saturated rings. The zero-order valence-electron chi connectivity index (χ0n) is 20.0. The van der Waals surface area contributed by atoms with Crippen LogP contribution in [0.15, 0.2) is 66.7 Å². The minimum absolute atomic E-state index is 0.0214. The van der Waals surface area contributed by atoms with E-state index < -0.39 is 11.0 Å². The van der Waals surface area contributed by atoms with Crippen molar-refractivity contribution in [2.45, 2.75) is 51.3 Å². The molecule has 0 spiro atoms. The molecule has 1 aliphatic carbocycles. The minimum atomic E-state index is -0.569. The molecule has 3 aromatic rings. The van der Waals surface area contributed by atoms with Crippen LogP contribution in [0.25, 0.3) is 0 Å². The number of benzene rings is 3. The Labute approximate surface area is 209 Å². The largest absolute Gasteiger partial charge is 0.480 e. The molecule has 2 atom stereocenters. The molecule has 1 N–H and O–H groups in total. The Morgan fingerprint density at radius 3 is 2.64 bits per heavy atom. The second kappa shape index (κ2) is 9.81. The Morgan fingerprint density at radius 1 is 1.11 bits per heavy atom. The molecule has 184 valence electrons. The zero-order chi connectivity index (χ0) is 25.2. The van der Waals surface area contributed by atoms with Gasteiger partial charge in [-0.1, -0.05) is 31.2 Å². The zero-order valence-corrected chi connectivity index (χ0v) is 20.0. The van der Waals surface area contributed by atoms with Gasteiger partial charge in [-0.25, -0.2) is 0 Å². The number of nitro benzene ring substituents is 1. The number of nitrogens with one attached hydrogen (secondary N) is 1. The number of nitrogens with zero attached hydrogens (tertiary/aromatic N) is 2. The van der Waals surface area contributed by atoms with Crippen LogP contribution in [0.4, 0.5) is 11.4 Å². The molecular weight excluding hydrogens is 458 g/mol. The fourth-order valence-electron chi connectivity index (χ4n) is 5.06. The van der Waals surface area contributed by atoms with E-state index in [1.54, 1.807) is 12.1 Å². The predicted molar refractivity (Wildman–Crippen MR) is 135 cm³/mol. The third kappa shape index (κ3) is 4.54. The molecule has 8 nitrogen and oxygen atoms in total. The number of aryl methyl sites for hydroxylation is 1. The quantitative estimate of drug-likeness (QED) is 0.384. The highest BCUT2D eigenvalue weighted by atomic mass is 16.6. The summed E-state index contributed by atoms with van der Waals surface area (Å²) in [5.74, 6) is 0.238. The monoisotopic (exact) mass is 485 g/mol. The predicted octanol–water partition coefficient (Wildman–Crippen LogP) is 5.42. The Morgan fingerprint density at radius 2 is 1.89 bits per heavy atom. The lowest BCUT2D eigenvalue weighted by Crippen LogP contribution is -2.42. The topological polar surface area (TPSA) is 102 Å². The molecule has 2 aliphatic rings. The molecule has 8 heteroatoms. The van der Waals surface area contributed by atoms with Gasteiger partial charge < -0.3 is 15.0 Å². The standard InChI is InChI=1S/C28H27N3O5/c1-2-25-28(33)30(24-9-5-7-18-6-3-4-8-23(18)24)17-20-16-21(12-15-26(20)36-25)29-27(32)19-10-13-22(14-11-19)31(34)35/h3-4,6,8,10-16,24-25H,2,5,7,9,17H2,1H3,(H,29,32)/t24-,25+/m1/s1. The number of carbonyl (C=O) groups excluding carboxylic acids is 2. The first-order valence-corrected chi connectivity index (χ1v) is 12.2. The van der Waals surface area contributed by atoms with Crippen molar-refractivity contribution >= 4 is 23.2 Å². The molecule has 0 radical (unpaired) electrons. The van der Waals surface area contributed by atoms with Gasteiger partial charge in [-0.15, -0.1) is 0 Å². The Bertz CT molecular complexity index is 1320. The van der Waals surface area contributed by atoms with E-state index in [1.807, 2.05) is 30.0 Å². The molecule has 0 saturated carbocycles. The molecule has 0 unspecified atom stereocenters. The van der Waals surface area contributed by atoms with Gasteiger partial charge in [0.1, 0.15) is 5.75 Å². The molecular formula is C28H27N3O5. The molecule has 5 rings (SSSR count). The van der Waals surface area contributed by atoms with Crippen LogP contribution in [0.2, 0.25) is 0 Å². The second-order valence-electron chi connectivity index (χ2n) is 9.17. The maximum absolute atomic E-state index is 13.6. The second-order valence-corrected chi connectivity index (χ2v) is 9.17. The Kier molecular flexibility index (Phi) is 6.41. The molecule has 1 heterocycles. The van der Waals surface area contributed by atoms with Gasteiger partial charge in [-0.05, 0) is 67.1 Å². The number of rotatable bonds is 5. The van der Waals surface area contributed by atoms with E-state index in [0.717, 1.165) is 24.8 Å². The van der Waals surface area contributed by atoms with Gasteiger partial charge in [0, 0.05) is 28.9 Å². The lowest BCUT2D eigenvalue weighted by Gasteiger charge is -2.36. The highest BCUT2D eigenvalue weighted by molar-refractivity contribution is 6.04. The van der Waals surface area contributed by atoms with Crippen LogP contribution in [0.1, 0.15) is 59.3 Å². The summed E-state index contributed by atoms with van der Waals surface area (Å²) in [4.78, 5) is 38.6. The van der Waals surface area contributed by atoms with E-state index in [-0.39, 0.29) is 23.5 Å². The fraction of sp³-hybridized carbons (Fsp3) is 0.286. The number of hydrogen-bond acceptors (Lipinski definition) is 5. The van der Waals surface area contributed by atoms with Crippen LogP contribution in [-0.2, 0) is 17.8 Å². The number of carbonyl (C=O) groups is 2. The average Bonchev–Trinajstić information content (AvgIpc) is 3.04. The maximum atomic E-state index is 13.6. The van der Waals surface area contributed by atoms with Crippen molar-refractivity contribution in [2.24, 2.45) is 0 Å². The van der Waals surface area contributed by atoms with Crippen molar-refractivity contribution in [3.05, 3.63) is 99.1 Å². The van der Waals surface area contributed by atoms with Crippen LogP contribution in [0.5, 0.6) is 5.75 Å². The number of anilines is 1. The van der Waals surface area contributed by atoms with Gasteiger partial charge in [0.15, 0.2) is 6.10 Å². The summed E-state index contributed by atoms with van der Waals surface area (Å²) in [6.45, 7) is 2.32. The van der Waals surface area contributed by atoms with Gasteiger partial charge in [-0.2, -0.15) is 0 Å². The van der Waals surface area contributed by atoms with Crippen molar-refractivity contribution in [1.82, 2.24) is 4.90 Å². The summed E-state index contributed by atoms with van der Waals surface area (Å²) in [7, 11) is 0. The van der Waals surface area contributed by atoms with Gasteiger partial charge in [-0.3, -0.25) is 19.7 Å². The van der Waals surface area contributed by atoms with E-state index in [9.17, 15) is 19.7 Å². The first kappa shape index (κ1) is 23.5. The van der Waals surface area contributed by atoms with Crippen molar-refractivity contribution in [1.29, 1.82) is 0 Å². The van der Waals surface area contributed by atoms with Gasteiger partial charge >= 0.3 is 0 Å². The fourth-order valence-corrected chi connectivity index (χ4v) is 5.06. The Hall–Kier alpha value is -4.20. The van der Waals surface area contributed by atoms with Crippen molar-refractivity contribution in [3.8, 4) is 5.75 Å². The summed E-state index contributed by atoms with van der Waals surface area (Å²) >= 11 is 0. The van der Waals surface area contributed by atoms with E-state index in [1.165, 1.54) is 35.4 Å². The normalized spacial score (nSPS) is 18.9. The van der Waals surface area contributed by atoms with Crippen LogP contribution in [0, 0.1) is 10.1 Å². The summed E-state index contributed by atoms with van der Waals surface area (Å²) in [5, 5.41) is 13.7. The summed E-state index contributed by atoms with van der Waals surface area (Å²) in [6, 6.07) is 19.1. The number of ether oxygens (including phenoxy) is 1. The smallest absolute Gasteiger partial charge is 0.269 e. The van der Waals surface area contributed by atoms with Crippen molar-refractivity contribution in [2.75, 3.05) is 5.32 Å². The molecule has 0 saturated heterocycles. The van der Waals surface area contributed by atoms with Gasteiger partial charge in [0.05, 0.1) is 17.5 Å². The lowest BCUT2D eigenvalue weighted by molar-refractivity contribution is -0.384. The van der Waals surface area contributed by atoms with Crippen molar-refractivity contribution in [3.63, 3.8) is 0 Å². The van der Waals surface area contributed by atoms with Gasteiger partial charge in [0.25, 0.3) is 17.5 Å². The Balaban J connectivity index is 1.43. The third-order valence-corrected chi connectivity index (χ3v) is 6.91. The van der Waals surface area contributed by atoms with Crippen LogP contribution < -0.4 is 10.1 Å². The van der Waals surface area contributed by atoms with Crippen LogP contribution >= 0.6 is 0 Å². The number of nitro groups is 1. The SMILES string of the molecule is CC[C@@H]1Oc2ccc(NC(=O)c3ccc([N+](=O)[O-])cc3)cc2CN([C@@H]2CCCc3ccccc32)C1=O. The average molecular weight is 486 g/mol. The molecule has 36 heavy (non-hydrogen) atoms. The van der Waals surface area contributed by atoms with Crippen molar-refractivity contribution < 1.29 is 19.2 Å². The lowest BCUT2D eigenvalue weighted by atomic mass is 9.86. The highest BCUT2D eigenvalue weighted by Crippen LogP contribution is 2.39. The molecule has 0 aromatic heterocycles. The summed E-state index contributed by atoms with van der Waals surface area (Å²) in [6.07, 6.45) is 2.91. The number of hydrogen-bond donors (Lipinski definition) is 1. The number of non-ortho nitro benzene ring substituents is 1. The molecule has 0 bridgehead atoms. The van der Waals surface area contributed by atoms with E-state index in [0.29, 0.717) is 30.0 Å². The van der Waals surface area contributed by atoms with E-state index in [2.05, 4.69) is 17.4 Å². The van der Waals surface area contributed by atoms with Crippen LogP contribution in [-0.4, -0.2) is 27.7 Å². The van der Waals surface area contributed by atoms with Crippen LogP contribution in [0.3, 0.4) is 0 Å². The first-order chi connectivity index (χ1) is 17.4. The maximum Gasteiger partial charge on any atom is 0.269 e. The number of amides is 2.